The monoisotopic (exact) mass is 463 g/mol. The molecule has 0 aliphatic carbocycles. The minimum absolute atomic E-state index is 0.287. The Balaban J connectivity index is 1.58. The molecule has 6 nitrogen and oxygen atoms in total. The van der Waals surface area contributed by atoms with Crippen molar-refractivity contribution >= 4 is 46.2 Å². The number of benzene rings is 2. The molecule has 1 fully saturated rings. The largest absolute Gasteiger partial charge is 0.497 e. The zero-order chi connectivity index (χ0) is 22.8. The molecule has 2 aromatic carbocycles. The number of hydrazine groups is 1. The summed E-state index contributed by atoms with van der Waals surface area (Å²) in [5.74, 6) is 0.0528. The van der Waals surface area contributed by atoms with E-state index in [1.54, 1.807) is 31.4 Å². The molecule has 0 atom stereocenters. The van der Waals surface area contributed by atoms with E-state index in [1.807, 2.05) is 56.3 Å². The molecule has 1 aliphatic rings. The van der Waals surface area contributed by atoms with Crippen molar-refractivity contribution < 1.29 is 14.3 Å². The number of methoxy groups -OCH3 is 1. The van der Waals surface area contributed by atoms with Gasteiger partial charge in [0.15, 0.2) is 4.32 Å². The molecule has 0 bridgehead atoms. The van der Waals surface area contributed by atoms with E-state index in [9.17, 15) is 9.59 Å². The van der Waals surface area contributed by atoms with Crippen molar-refractivity contribution in [3.63, 3.8) is 0 Å². The van der Waals surface area contributed by atoms with Gasteiger partial charge in [-0.1, -0.05) is 30.0 Å². The van der Waals surface area contributed by atoms with E-state index >= 15 is 0 Å². The van der Waals surface area contributed by atoms with Crippen molar-refractivity contribution in [2.24, 2.45) is 0 Å². The van der Waals surface area contributed by atoms with E-state index in [-0.39, 0.29) is 16.1 Å². The van der Waals surface area contributed by atoms with E-state index in [0.717, 1.165) is 33.4 Å². The van der Waals surface area contributed by atoms with E-state index in [0.29, 0.717) is 10.5 Å². The Morgan fingerprint density at radius 2 is 1.78 bits per heavy atom. The predicted octanol–water partition coefficient (Wildman–Crippen LogP) is 4.65. The van der Waals surface area contributed by atoms with Crippen LogP contribution >= 0.6 is 24.0 Å². The topological polar surface area (TPSA) is 63.6 Å². The highest BCUT2D eigenvalue weighted by molar-refractivity contribution is 8.26. The SMILES string of the molecule is COc1ccc(-n2c(C)cc(/C=C3\SC(=S)N(NC(=O)c4ccccc4)C3=O)c2C)cc1. The molecule has 8 heteroatoms. The van der Waals surface area contributed by atoms with Gasteiger partial charge in [-0.2, -0.15) is 5.01 Å². The van der Waals surface area contributed by atoms with Crippen LogP contribution in [0.4, 0.5) is 0 Å². The Morgan fingerprint density at radius 3 is 2.44 bits per heavy atom. The van der Waals surface area contributed by atoms with Gasteiger partial charge in [-0.25, -0.2) is 0 Å². The second-order valence-electron chi connectivity index (χ2n) is 7.18. The first-order valence-corrected chi connectivity index (χ1v) is 11.1. The number of nitrogens with one attached hydrogen (secondary N) is 1. The van der Waals surface area contributed by atoms with Crippen LogP contribution in [-0.2, 0) is 4.79 Å². The van der Waals surface area contributed by atoms with E-state index in [2.05, 4.69) is 9.99 Å². The number of nitrogens with zero attached hydrogens (tertiary/aromatic N) is 2. The molecule has 4 rings (SSSR count). The van der Waals surface area contributed by atoms with Gasteiger partial charge in [-0.05, 0) is 80.2 Å². The van der Waals surface area contributed by atoms with Crippen LogP contribution in [0.5, 0.6) is 5.75 Å². The Kier molecular flexibility index (Phi) is 6.16. The molecule has 2 heterocycles. The quantitative estimate of drug-likeness (QED) is 0.441. The lowest BCUT2D eigenvalue weighted by atomic mass is 10.2. The summed E-state index contributed by atoms with van der Waals surface area (Å²) in [6.07, 6.45) is 1.82. The highest BCUT2D eigenvalue weighted by Crippen LogP contribution is 2.33. The van der Waals surface area contributed by atoms with E-state index < -0.39 is 0 Å². The lowest BCUT2D eigenvalue weighted by molar-refractivity contribution is -0.123. The zero-order valence-electron chi connectivity index (χ0n) is 17.8. The average molecular weight is 464 g/mol. The Morgan fingerprint density at radius 1 is 1.09 bits per heavy atom. The minimum Gasteiger partial charge on any atom is -0.497 e. The number of aryl methyl sites for hydroxylation is 1. The summed E-state index contributed by atoms with van der Waals surface area (Å²) < 4.78 is 7.64. The minimum atomic E-state index is -0.388. The number of rotatable bonds is 5. The smallest absolute Gasteiger partial charge is 0.285 e. The highest BCUT2D eigenvalue weighted by Gasteiger charge is 2.34. The number of hydrogen-bond acceptors (Lipinski definition) is 5. The molecule has 0 saturated carbocycles. The van der Waals surface area contributed by atoms with Gasteiger partial charge < -0.3 is 9.30 Å². The summed E-state index contributed by atoms with van der Waals surface area (Å²) >= 11 is 6.51. The molecular formula is C24H21N3O3S2. The van der Waals surface area contributed by atoms with Crippen molar-refractivity contribution in [1.82, 2.24) is 15.0 Å². The molecule has 1 N–H and O–H groups in total. The first-order chi connectivity index (χ1) is 15.4. The van der Waals surface area contributed by atoms with Gasteiger partial charge in [0.05, 0.1) is 12.0 Å². The lowest BCUT2D eigenvalue weighted by Crippen LogP contribution is -2.44. The van der Waals surface area contributed by atoms with Gasteiger partial charge in [-0.3, -0.25) is 15.0 Å². The molecule has 32 heavy (non-hydrogen) atoms. The zero-order valence-corrected chi connectivity index (χ0v) is 19.4. The summed E-state index contributed by atoms with van der Waals surface area (Å²) in [6.45, 7) is 4.01. The molecule has 2 amide bonds. The molecule has 1 aromatic heterocycles. The van der Waals surface area contributed by atoms with Gasteiger partial charge in [0.1, 0.15) is 5.75 Å². The number of amides is 2. The average Bonchev–Trinajstić information content (AvgIpc) is 3.23. The maximum atomic E-state index is 12.9. The maximum absolute atomic E-state index is 12.9. The van der Waals surface area contributed by atoms with Crippen molar-refractivity contribution in [2.45, 2.75) is 13.8 Å². The van der Waals surface area contributed by atoms with Gasteiger partial charge in [0.2, 0.25) is 0 Å². The Labute approximate surface area is 195 Å². The molecule has 3 aromatic rings. The van der Waals surface area contributed by atoms with E-state index in [1.165, 1.54) is 11.8 Å². The van der Waals surface area contributed by atoms with Crippen molar-refractivity contribution in [3.05, 3.63) is 88.1 Å². The number of ether oxygens (including phenoxy) is 1. The number of carbonyl (C=O) groups excluding carboxylic acids is 2. The Hall–Kier alpha value is -3.36. The van der Waals surface area contributed by atoms with Crippen LogP contribution in [-0.4, -0.2) is 32.8 Å². The molecule has 0 spiro atoms. The van der Waals surface area contributed by atoms with Crippen LogP contribution in [0.1, 0.15) is 27.3 Å². The van der Waals surface area contributed by atoms with Gasteiger partial charge in [-0.15, -0.1) is 0 Å². The third kappa shape index (κ3) is 4.19. The number of thiocarbonyl (C=S) groups is 1. The fourth-order valence-electron chi connectivity index (χ4n) is 3.52. The first-order valence-electron chi connectivity index (χ1n) is 9.86. The van der Waals surface area contributed by atoms with Crippen LogP contribution in [0.2, 0.25) is 0 Å². The first kappa shape index (κ1) is 21.9. The molecule has 1 saturated heterocycles. The number of thioether (sulfide) groups is 1. The van der Waals surface area contributed by atoms with Gasteiger partial charge in [0, 0.05) is 22.6 Å². The third-order valence-corrected chi connectivity index (χ3v) is 6.43. The summed E-state index contributed by atoms with van der Waals surface area (Å²) in [5, 5.41) is 1.13. The van der Waals surface area contributed by atoms with Crippen LogP contribution in [0.3, 0.4) is 0 Å². The van der Waals surface area contributed by atoms with E-state index in [4.69, 9.17) is 17.0 Å². The molecule has 0 radical (unpaired) electrons. The second kappa shape index (κ2) is 9.02. The lowest BCUT2D eigenvalue weighted by Gasteiger charge is -2.15. The number of carbonyl (C=O) groups is 2. The van der Waals surface area contributed by atoms with Gasteiger partial charge in [0.25, 0.3) is 11.8 Å². The third-order valence-electron chi connectivity index (χ3n) is 5.13. The van der Waals surface area contributed by atoms with Crippen LogP contribution in [0.25, 0.3) is 11.8 Å². The van der Waals surface area contributed by atoms with Crippen molar-refractivity contribution in [3.8, 4) is 11.4 Å². The maximum Gasteiger partial charge on any atom is 0.285 e. The standard InChI is InChI=1S/C24H21N3O3S2/c1-15-13-18(16(2)26(15)19-9-11-20(30-3)12-10-19)14-21-23(29)27(24(31)32-21)25-22(28)17-7-5-4-6-8-17/h4-14H,1-3H3,(H,25,28)/b21-14-. The number of aromatic nitrogens is 1. The van der Waals surface area contributed by atoms with Crippen LogP contribution in [0, 0.1) is 13.8 Å². The fraction of sp³-hybridized carbons (Fsp3) is 0.125. The summed E-state index contributed by atoms with van der Waals surface area (Å²) in [5.41, 5.74) is 6.99. The number of hydrogen-bond donors (Lipinski definition) is 1. The highest BCUT2D eigenvalue weighted by atomic mass is 32.2. The second-order valence-corrected chi connectivity index (χ2v) is 8.86. The molecule has 1 aliphatic heterocycles. The predicted molar refractivity (Wildman–Crippen MR) is 131 cm³/mol. The Bertz CT molecular complexity index is 1230. The summed E-state index contributed by atoms with van der Waals surface area (Å²) in [7, 11) is 1.64. The van der Waals surface area contributed by atoms with Gasteiger partial charge >= 0.3 is 0 Å². The van der Waals surface area contributed by atoms with Crippen molar-refractivity contribution in [2.75, 3.05) is 7.11 Å². The summed E-state index contributed by atoms with van der Waals surface area (Å²) in [4.78, 5) is 25.9. The normalized spacial score (nSPS) is 14.8. The van der Waals surface area contributed by atoms with Crippen molar-refractivity contribution in [1.29, 1.82) is 0 Å². The molecule has 0 unspecified atom stereocenters. The summed E-state index contributed by atoms with van der Waals surface area (Å²) in [6, 6.07) is 18.5. The molecule has 162 valence electrons. The molecular weight excluding hydrogens is 442 g/mol. The van der Waals surface area contributed by atoms with Crippen LogP contribution in [0.15, 0.2) is 65.6 Å². The fourth-order valence-corrected chi connectivity index (χ4v) is 4.69. The van der Waals surface area contributed by atoms with Crippen LogP contribution < -0.4 is 10.2 Å².